The van der Waals surface area contributed by atoms with Gasteiger partial charge in [0.25, 0.3) is 5.91 Å². The first kappa shape index (κ1) is 18.4. The van der Waals surface area contributed by atoms with Crippen LogP contribution in [0.3, 0.4) is 0 Å². The van der Waals surface area contributed by atoms with Gasteiger partial charge in [-0.2, -0.15) is 0 Å². The second-order valence-electron chi connectivity index (χ2n) is 7.22. The molecule has 30 heavy (non-hydrogen) atoms. The number of hydrogen-bond donors (Lipinski definition) is 0. The predicted octanol–water partition coefficient (Wildman–Crippen LogP) is 6.96. The van der Waals surface area contributed by atoms with Crippen LogP contribution in [-0.2, 0) is 4.79 Å². The maximum absolute atomic E-state index is 13.5. The lowest BCUT2D eigenvalue weighted by atomic mass is 10.1. The summed E-state index contributed by atoms with van der Waals surface area (Å²) in [5, 5.41) is 2.91. The molecule has 0 atom stereocenters. The molecule has 4 aromatic rings. The molecular weight excluding hydrogens is 390 g/mol. The van der Waals surface area contributed by atoms with Crippen molar-refractivity contribution >= 4 is 45.7 Å². The molecule has 0 aromatic heterocycles. The molecule has 0 radical (unpaired) electrons. The van der Waals surface area contributed by atoms with Crippen molar-refractivity contribution in [2.45, 2.75) is 0 Å². The van der Waals surface area contributed by atoms with E-state index in [2.05, 4.69) is 24.3 Å². The summed E-state index contributed by atoms with van der Waals surface area (Å²) in [6.07, 6.45) is 3.88. The van der Waals surface area contributed by atoms with E-state index < -0.39 is 0 Å². The number of amides is 1. The number of benzene rings is 4. The van der Waals surface area contributed by atoms with Gasteiger partial charge in [-0.25, -0.2) is 0 Å². The minimum atomic E-state index is -0.0425. The Morgan fingerprint density at radius 2 is 1.43 bits per heavy atom. The first-order valence-corrected chi connectivity index (χ1v) is 10.1. The van der Waals surface area contributed by atoms with E-state index in [1.54, 1.807) is 4.90 Å². The zero-order valence-corrected chi connectivity index (χ0v) is 16.9. The topological polar surface area (TPSA) is 20.3 Å². The molecule has 0 spiro atoms. The minimum Gasteiger partial charge on any atom is -0.276 e. The van der Waals surface area contributed by atoms with E-state index in [1.165, 1.54) is 0 Å². The first-order valence-electron chi connectivity index (χ1n) is 9.77. The Balaban J connectivity index is 1.65. The molecule has 144 valence electrons. The molecule has 4 aromatic carbocycles. The van der Waals surface area contributed by atoms with Crippen molar-refractivity contribution in [2.24, 2.45) is 0 Å². The first-order chi connectivity index (χ1) is 14.7. The van der Waals surface area contributed by atoms with Gasteiger partial charge in [-0.15, -0.1) is 0 Å². The zero-order chi connectivity index (χ0) is 20.5. The molecule has 0 bridgehead atoms. The van der Waals surface area contributed by atoms with Crippen molar-refractivity contribution in [3.63, 3.8) is 0 Å². The summed E-state index contributed by atoms with van der Waals surface area (Å²) in [6.45, 7) is 0. The molecule has 0 saturated carbocycles. The van der Waals surface area contributed by atoms with Crippen molar-refractivity contribution in [3.8, 4) is 0 Å². The van der Waals surface area contributed by atoms with E-state index in [9.17, 15) is 4.79 Å². The van der Waals surface area contributed by atoms with Gasteiger partial charge >= 0.3 is 0 Å². The van der Waals surface area contributed by atoms with Crippen LogP contribution in [0.4, 0.5) is 5.69 Å². The van der Waals surface area contributed by atoms with Crippen LogP contribution in [0.5, 0.6) is 0 Å². The van der Waals surface area contributed by atoms with Gasteiger partial charge in [0, 0.05) is 16.3 Å². The van der Waals surface area contributed by atoms with E-state index in [-0.39, 0.29) is 5.91 Å². The smallest absolute Gasteiger partial charge is 0.262 e. The Bertz CT molecular complexity index is 1300. The van der Waals surface area contributed by atoms with Crippen LogP contribution in [-0.4, -0.2) is 5.91 Å². The Morgan fingerprint density at radius 3 is 2.20 bits per heavy atom. The van der Waals surface area contributed by atoms with Crippen molar-refractivity contribution in [3.05, 3.63) is 125 Å². The van der Waals surface area contributed by atoms with Crippen LogP contribution >= 0.6 is 11.6 Å². The highest BCUT2D eigenvalue weighted by Crippen LogP contribution is 2.36. The maximum Gasteiger partial charge on any atom is 0.262 e. The molecule has 5 rings (SSSR count). The number of halogens is 1. The van der Waals surface area contributed by atoms with Crippen LogP contribution in [0.1, 0.15) is 11.1 Å². The summed E-state index contributed by atoms with van der Waals surface area (Å²) in [6, 6.07) is 31.7. The lowest BCUT2D eigenvalue weighted by Crippen LogP contribution is -2.24. The minimum absolute atomic E-state index is 0.0425. The SMILES string of the molecule is O=C1/C(=C/c2ccccc2)C=C(c2ccc(Cl)cc2)N1c1ccc2ccccc2c1. The number of carbonyl (C=O) groups excluding carboxylic acids is 1. The zero-order valence-electron chi connectivity index (χ0n) is 16.1. The second kappa shape index (κ2) is 7.66. The molecule has 0 aliphatic carbocycles. The lowest BCUT2D eigenvalue weighted by molar-refractivity contribution is -0.113. The molecule has 3 heteroatoms. The molecule has 2 nitrogen and oxygen atoms in total. The van der Waals surface area contributed by atoms with Crippen LogP contribution in [0, 0.1) is 0 Å². The van der Waals surface area contributed by atoms with Gasteiger partial charge in [0.05, 0.1) is 5.70 Å². The van der Waals surface area contributed by atoms with Gasteiger partial charge in [-0.1, -0.05) is 84.4 Å². The molecule has 0 unspecified atom stereocenters. The second-order valence-corrected chi connectivity index (χ2v) is 7.66. The molecule has 0 fully saturated rings. The van der Waals surface area contributed by atoms with Crippen LogP contribution in [0.15, 0.2) is 109 Å². The number of anilines is 1. The lowest BCUT2D eigenvalue weighted by Gasteiger charge is -2.21. The molecular formula is C27H18ClNO. The number of hydrogen-bond acceptors (Lipinski definition) is 1. The quantitative estimate of drug-likeness (QED) is 0.336. The summed E-state index contributed by atoms with van der Waals surface area (Å²) in [5.74, 6) is -0.0425. The van der Waals surface area contributed by atoms with Gasteiger partial charge in [0.2, 0.25) is 0 Å². The highest BCUT2D eigenvalue weighted by Gasteiger charge is 2.30. The fraction of sp³-hybridized carbons (Fsp3) is 0. The number of rotatable bonds is 3. The third-order valence-electron chi connectivity index (χ3n) is 5.24. The highest BCUT2D eigenvalue weighted by atomic mass is 35.5. The Hall–Kier alpha value is -3.62. The van der Waals surface area contributed by atoms with Crippen LogP contribution in [0.25, 0.3) is 22.5 Å². The Morgan fingerprint density at radius 1 is 0.733 bits per heavy atom. The van der Waals surface area contributed by atoms with Gasteiger partial charge in [0.15, 0.2) is 0 Å². The van der Waals surface area contributed by atoms with Gasteiger partial charge in [-0.05, 0) is 58.3 Å². The largest absolute Gasteiger partial charge is 0.276 e. The summed E-state index contributed by atoms with van der Waals surface area (Å²) < 4.78 is 0. The van der Waals surface area contributed by atoms with Crippen LogP contribution in [0.2, 0.25) is 5.02 Å². The van der Waals surface area contributed by atoms with Crippen molar-refractivity contribution in [1.82, 2.24) is 0 Å². The summed E-state index contributed by atoms with van der Waals surface area (Å²) in [7, 11) is 0. The van der Waals surface area contributed by atoms with Crippen LogP contribution < -0.4 is 4.90 Å². The number of nitrogens with zero attached hydrogens (tertiary/aromatic N) is 1. The van der Waals surface area contributed by atoms with E-state index in [4.69, 9.17) is 11.6 Å². The summed E-state index contributed by atoms with van der Waals surface area (Å²) in [4.78, 5) is 15.3. The van der Waals surface area contributed by atoms with Crippen molar-refractivity contribution in [1.29, 1.82) is 0 Å². The summed E-state index contributed by atoms with van der Waals surface area (Å²) >= 11 is 6.09. The average Bonchev–Trinajstić information content (AvgIpc) is 3.10. The average molecular weight is 408 g/mol. The van der Waals surface area contributed by atoms with E-state index in [0.29, 0.717) is 10.6 Å². The molecule has 1 aliphatic rings. The van der Waals surface area contributed by atoms with E-state index in [1.807, 2.05) is 84.9 Å². The normalized spacial score (nSPS) is 15.1. The van der Waals surface area contributed by atoms with Crippen molar-refractivity contribution < 1.29 is 4.79 Å². The van der Waals surface area contributed by atoms with Gasteiger partial charge in [0.1, 0.15) is 0 Å². The van der Waals surface area contributed by atoms with E-state index >= 15 is 0 Å². The van der Waals surface area contributed by atoms with E-state index in [0.717, 1.165) is 33.3 Å². The molecule has 0 N–H and O–H groups in total. The molecule has 1 amide bonds. The van der Waals surface area contributed by atoms with Crippen molar-refractivity contribution in [2.75, 3.05) is 4.90 Å². The molecule has 0 saturated heterocycles. The fourth-order valence-electron chi connectivity index (χ4n) is 3.75. The van der Waals surface area contributed by atoms with Gasteiger partial charge < -0.3 is 0 Å². The highest BCUT2D eigenvalue weighted by molar-refractivity contribution is 6.30. The number of carbonyl (C=O) groups is 1. The third-order valence-corrected chi connectivity index (χ3v) is 5.49. The number of fused-ring (bicyclic) bond motifs is 1. The predicted molar refractivity (Wildman–Crippen MR) is 125 cm³/mol. The third kappa shape index (κ3) is 3.42. The Kier molecular flexibility index (Phi) is 4.70. The van der Waals surface area contributed by atoms with Gasteiger partial charge in [-0.3, -0.25) is 9.69 Å². The fourth-order valence-corrected chi connectivity index (χ4v) is 3.88. The molecule has 1 heterocycles. The Labute approximate surface area is 180 Å². The summed E-state index contributed by atoms with van der Waals surface area (Å²) in [5.41, 5.74) is 4.27. The maximum atomic E-state index is 13.5. The standard InChI is InChI=1S/C27H18ClNO/c28-24-13-10-21(11-14-24)26-18-23(16-19-6-2-1-3-7-19)27(30)29(26)25-15-12-20-8-4-5-9-22(20)17-25/h1-18H/b23-16+. The molecule has 1 aliphatic heterocycles. The monoisotopic (exact) mass is 407 g/mol.